The van der Waals surface area contributed by atoms with Crippen LogP contribution in [0.2, 0.25) is 0 Å². The molecule has 0 saturated carbocycles. The van der Waals surface area contributed by atoms with Gasteiger partial charge in [-0.05, 0) is 17.5 Å². The number of rotatable bonds is 4. The van der Waals surface area contributed by atoms with Crippen molar-refractivity contribution in [3.05, 3.63) is 29.3 Å². The minimum atomic E-state index is 0. The molecule has 20 heavy (non-hydrogen) atoms. The lowest BCUT2D eigenvalue weighted by Gasteiger charge is -2.34. The van der Waals surface area contributed by atoms with Crippen molar-refractivity contribution < 1.29 is 5.11 Å². The number of piperazine rings is 1. The first-order chi connectivity index (χ1) is 9.36. The van der Waals surface area contributed by atoms with Gasteiger partial charge in [-0.3, -0.25) is 9.80 Å². The van der Waals surface area contributed by atoms with E-state index in [4.69, 9.17) is 5.11 Å². The monoisotopic (exact) mass is 297 g/mol. The molecule has 1 aromatic carbocycles. The van der Waals surface area contributed by atoms with E-state index in [0.29, 0.717) is 0 Å². The Bertz CT molecular complexity index is 433. The molecule has 0 bridgehead atoms. The van der Waals surface area contributed by atoms with Crippen LogP contribution in [0.15, 0.2) is 18.2 Å². The summed E-state index contributed by atoms with van der Waals surface area (Å²) in [5.74, 6) is 0. The highest BCUT2D eigenvalue weighted by molar-refractivity contribution is 5.85. The molecule has 2 N–H and O–H groups in total. The number of nitrogens with one attached hydrogen (secondary N) is 1. The van der Waals surface area contributed by atoms with Crippen LogP contribution in [0.1, 0.15) is 11.1 Å². The summed E-state index contributed by atoms with van der Waals surface area (Å²) >= 11 is 0. The van der Waals surface area contributed by atoms with Crippen LogP contribution in [-0.2, 0) is 13.0 Å². The highest BCUT2D eigenvalue weighted by atomic mass is 35.5. The second-order valence-electron chi connectivity index (χ2n) is 5.47. The highest BCUT2D eigenvalue weighted by Gasteiger charge is 2.19. The fourth-order valence-corrected chi connectivity index (χ4v) is 3.10. The molecule has 4 nitrogen and oxygen atoms in total. The summed E-state index contributed by atoms with van der Waals surface area (Å²) in [6.07, 6.45) is 1.16. The van der Waals surface area contributed by atoms with Crippen molar-refractivity contribution in [1.82, 2.24) is 9.80 Å². The molecule has 2 heterocycles. The summed E-state index contributed by atoms with van der Waals surface area (Å²) in [5.41, 5.74) is 4.28. The van der Waals surface area contributed by atoms with E-state index < -0.39 is 0 Å². The predicted octanol–water partition coefficient (Wildman–Crippen LogP) is 1.19. The Morgan fingerprint density at radius 1 is 1.10 bits per heavy atom. The fraction of sp³-hybridized carbons (Fsp3) is 0.600. The Balaban J connectivity index is 0.00000147. The third kappa shape index (κ3) is 3.44. The topological polar surface area (TPSA) is 38.7 Å². The number of anilines is 1. The van der Waals surface area contributed by atoms with Gasteiger partial charge in [0.1, 0.15) is 0 Å². The molecule has 5 heteroatoms. The maximum Gasteiger partial charge on any atom is 0.0558 e. The Labute approximate surface area is 127 Å². The number of β-amino-alcohol motifs (C(OH)–C–C–N with tert-alkyl or cyclic N) is 1. The molecular formula is C15H24ClN3O. The first kappa shape index (κ1) is 15.6. The van der Waals surface area contributed by atoms with Crippen molar-refractivity contribution in [1.29, 1.82) is 0 Å². The van der Waals surface area contributed by atoms with E-state index in [0.717, 1.165) is 52.2 Å². The second kappa shape index (κ2) is 7.27. The standard InChI is InChI=1S/C15H23N3O.ClH/c19-11-10-17-6-8-18(9-7-17)12-14-3-1-2-13-4-5-16-15(13)14;/h1-3,16,19H,4-12H2;1H. The number of aliphatic hydroxyl groups excluding tert-OH is 1. The zero-order valence-corrected chi connectivity index (χ0v) is 12.7. The summed E-state index contributed by atoms with van der Waals surface area (Å²) in [4.78, 5) is 4.85. The average Bonchev–Trinajstić information content (AvgIpc) is 2.91. The van der Waals surface area contributed by atoms with Crippen LogP contribution in [0.3, 0.4) is 0 Å². The number of fused-ring (bicyclic) bond motifs is 1. The van der Waals surface area contributed by atoms with Gasteiger partial charge in [-0.25, -0.2) is 0 Å². The first-order valence-electron chi connectivity index (χ1n) is 7.27. The summed E-state index contributed by atoms with van der Waals surface area (Å²) in [6, 6.07) is 6.67. The van der Waals surface area contributed by atoms with E-state index in [1.54, 1.807) is 0 Å². The van der Waals surface area contributed by atoms with Gasteiger partial charge in [0.25, 0.3) is 0 Å². The van der Waals surface area contributed by atoms with Crippen molar-refractivity contribution in [3.63, 3.8) is 0 Å². The summed E-state index contributed by atoms with van der Waals surface area (Å²) in [6.45, 7) is 7.56. The minimum Gasteiger partial charge on any atom is -0.395 e. The van der Waals surface area contributed by atoms with Crippen molar-refractivity contribution in [2.45, 2.75) is 13.0 Å². The van der Waals surface area contributed by atoms with Gasteiger partial charge in [0.15, 0.2) is 0 Å². The molecule has 0 aromatic heterocycles. The number of nitrogens with zero attached hydrogens (tertiary/aromatic N) is 2. The van der Waals surface area contributed by atoms with Crippen LogP contribution in [-0.4, -0.2) is 60.8 Å². The van der Waals surface area contributed by atoms with Gasteiger partial charge in [0.2, 0.25) is 0 Å². The fourth-order valence-electron chi connectivity index (χ4n) is 3.10. The number of benzene rings is 1. The lowest BCUT2D eigenvalue weighted by Crippen LogP contribution is -2.46. The predicted molar refractivity (Wildman–Crippen MR) is 84.7 cm³/mol. The Hall–Kier alpha value is -0.810. The van der Waals surface area contributed by atoms with Crippen molar-refractivity contribution >= 4 is 18.1 Å². The summed E-state index contributed by atoms with van der Waals surface area (Å²) in [5, 5.41) is 12.5. The third-order valence-corrected chi connectivity index (χ3v) is 4.21. The Kier molecular flexibility index (Phi) is 5.66. The molecule has 0 aliphatic carbocycles. The average molecular weight is 298 g/mol. The van der Waals surface area contributed by atoms with E-state index in [2.05, 4.69) is 33.3 Å². The van der Waals surface area contributed by atoms with Crippen LogP contribution in [0, 0.1) is 0 Å². The van der Waals surface area contributed by atoms with Crippen molar-refractivity contribution in [3.8, 4) is 0 Å². The zero-order chi connectivity index (χ0) is 13.1. The largest absolute Gasteiger partial charge is 0.395 e. The van der Waals surface area contributed by atoms with Gasteiger partial charge < -0.3 is 10.4 Å². The Morgan fingerprint density at radius 2 is 1.85 bits per heavy atom. The molecule has 0 unspecified atom stereocenters. The molecule has 1 fully saturated rings. The van der Waals surface area contributed by atoms with E-state index in [9.17, 15) is 0 Å². The van der Waals surface area contributed by atoms with Crippen molar-refractivity contribution in [2.24, 2.45) is 0 Å². The maximum atomic E-state index is 8.96. The third-order valence-electron chi connectivity index (χ3n) is 4.21. The van der Waals surface area contributed by atoms with Gasteiger partial charge >= 0.3 is 0 Å². The highest BCUT2D eigenvalue weighted by Crippen LogP contribution is 2.27. The SMILES string of the molecule is Cl.OCCN1CCN(Cc2cccc3c2NCC3)CC1. The number of halogens is 1. The minimum absolute atomic E-state index is 0. The second-order valence-corrected chi connectivity index (χ2v) is 5.47. The van der Waals surface area contributed by atoms with E-state index in [-0.39, 0.29) is 19.0 Å². The molecule has 2 aliphatic rings. The molecule has 2 aliphatic heterocycles. The summed E-state index contributed by atoms with van der Waals surface area (Å²) < 4.78 is 0. The number of hydrogen-bond acceptors (Lipinski definition) is 4. The lowest BCUT2D eigenvalue weighted by molar-refractivity contribution is 0.108. The van der Waals surface area contributed by atoms with Gasteiger partial charge in [-0.1, -0.05) is 18.2 Å². The molecule has 0 amide bonds. The number of para-hydroxylation sites is 1. The molecule has 1 aromatic rings. The van der Waals surface area contributed by atoms with Crippen LogP contribution < -0.4 is 5.32 Å². The molecule has 112 valence electrons. The maximum absolute atomic E-state index is 8.96. The molecule has 0 atom stereocenters. The van der Waals surface area contributed by atoms with Gasteiger partial charge in [-0.15, -0.1) is 12.4 Å². The smallest absolute Gasteiger partial charge is 0.0558 e. The number of aliphatic hydroxyl groups is 1. The van der Waals surface area contributed by atoms with Gasteiger partial charge in [-0.2, -0.15) is 0 Å². The molecule has 1 saturated heterocycles. The normalized spacial score (nSPS) is 19.2. The molecule has 0 spiro atoms. The van der Waals surface area contributed by atoms with E-state index in [1.165, 1.54) is 16.8 Å². The van der Waals surface area contributed by atoms with Gasteiger partial charge in [0, 0.05) is 51.5 Å². The Morgan fingerprint density at radius 3 is 2.60 bits per heavy atom. The van der Waals surface area contributed by atoms with Crippen molar-refractivity contribution in [2.75, 3.05) is 51.2 Å². The summed E-state index contributed by atoms with van der Waals surface area (Å²) in [7, 11) is 0. The quantitative estimate of drug-likeness (QED) is 0.876. The molecule has 3 rings (SSSR count). The van der Waals surface area contributed by atoms with E-state index >= 15 is 0 Å². The van der Waals surface area contributed by atoms with Gasteiger partial charge in [0.05, 0.1) is 6.61 Å². The molecular weight excluding hydrogens is 274 g/mol. The van der Waals surface area contributed by atoms with Crippen LogP contribution >= 0.6 is 12.4 Å². The lowest BCUT2D eigenvalue weighted by atomic mass is 10.1. The first-order valence-corrected chi connectivity index (χ1v) is 7.27. The molecule has 0 radical (unpaired) electrons. The van der Waals surface area contributed by atoms with Crippen LogP contribution in [0.25, 0.3) is 0 Å². The number of hydrogen-bond donors (Lipinski definition) is 2. The van der Waals surface area contributed by atoms with Crippen LogP contribution in [0.4, 0.5) is 5.69 Å². The van der Waals surface area contributed by atoms with Crippen LogP contribution in [0.5, 0.6) is 0 Å². The van der Waals surface area contributed by atoms with E-state index in [1.807, 2.05) is 0 Å². The zero-order valence-electron chi connectivity index (χ0n) is 11.8.